The van der Waals surface area contributed by atoms with E-state index in [2.05, 4.69) is 32.4 Å². The van der Waals surface area contributed by atoms with Gasteiger partial charge in [-0.3, -0.25) is 0 Å². The van der Waals surface area contributed by atoms with Crippen molar-refractivity contribution < 1.29 is 0 Å². The first-order valence-electron chi connectivity index (χ1n) is 3.99. The highest BCUT2D eigenvalue weighted by Crippen LogP contribution is 1.90. The van der Waals surface area contributed by atoms with Gasteiger partial charge in [-0.05, 0) is 20.9 Å². The highest BCUT2D eigenvalue weighted by atomic mass is 15.1. The fourth-order valence-electron chi connectivity index (χ4n) is 0.414. The van der Waals surface area contributed by atoms with Crippen molar-refractivity contribution >= 4 is 0 Å². The fourth-order valence-corrected chi connectivity index (χ4v) is 0.414. The molecule has 0 rings (SSSR count). The Morgan fingerprint density at radius 3 is 1.90 bits per heavy atom. The molecule has 0 fully saturated rings. The van der Waals surface area contributed by atoms with Gasteiger partial charge in [0.25, 0.3) is 0 Å². The summed E-state index contributed by atoms with van der Waals surface area (Å²) in [7, 11) is 2.09. The molecule has 0 amide bonds. The van der Waals surface area contributed by atoms with Gasteiger partial charge in [-0.25, -0.2) is 0 Å². The normalized spacial score (nSPS) is 9.10. The molecule has 0 heterocycles. The maximum atomic E-state index is 3.64. The zero-order valence-corrected chi connectivity index (χ0v) is 8.02. The number of hydrogen-bond donors (Lipinski definition) is 0. The summed E-state index contributed by atoms with van der Waals surface area (Å²) in [5, 5.41) is 0. The third kappa shape index (κ3) is 7.70. The highest BCUT2D eigenvalue weighted by molar-refractivity contribution is 4.72. The van der Waals surface area contributed by atoms with E-state index in [1.54, 1.807) is 0 Å². The minimum Gasteiger partial charge on any atom is -0.300 e. The van der Waals surface area contributed by atoms with Gasteiger partial charge in [-0.15, -0.1) is 6.58 Å². The molecule has 0 aliphatic heterocycles. The molecule has 10 heavy (non-hydrogen) atoms. The van der Waals surface area contributed by atoms with Crippen LogP contribution in [0.5, 0.6) is 0 Å². The van der Waals surface area contributed by atoms with E-state index in [0.29, 0.717) is 6.04 Å². The Labute approximate surface area is 65.7 Å². The Kier molecular flexibility index (Phi) is 10.8. The van der Waals surface area contributed by atoms with E-state index in [9.17, 15) is 0 Å². The number of likely N-dealkylation sites (N-methyl/N-ethyl adjacent to an activating group) is 1. The molecule has 0 saturated heterocycles. The maximum absolute atomic E-state index is 3.64. The van der Waals surface area contributed by atoms with Gasteiger partial charge in [-0.1, -0.05) is 19.9 Å². The average molecular weight is 143 g/mol. The van der Waals surface area contributed by atoms with E-state index in [1.165, 1.54) is 0 Å². The molecule has 0 radical (unpaired) electrons. The third-order valence-corrected chi connectivity index (χ3v) is 1.30. The van der Waals surface area contributed by atoms with Crippen LogP contribution in [-0.4, -0.2) is 24.5 Å². The molecule has 0 bridgehead atoms. The Morgan fingerprint density at radius 2 is 1.80 bits per heavy atom. The van der Waals surface area contributed by atoms with Crippen LogP contribution in [0, 0.1) is 0 Å². The Hall–Kier alpha value is -0.300. The van der Waals surface area contributed by atoms with Crippen LogP contribution in [0.2, 0.25) is 0 Å². The van der Waals surface area contributed by atoms with E-state index in [-0.39, 0.29) is 0 Å². The van der Waals surface area contributed by atoms with Gasteiger partial charge in [0.05, 0.1) is 0 Å². The van der Waals surface area contributed by atoms with Gasteiger partial charge in [0.1, 0.15) is 0 Å². The molecule has 1 heteroatoms. The van der Waals surface area contributed by atoms with Gasteiger partial charge in [0, 0.05) is 12.6 Å². The van der Waals surface area contributed by atoms with Gasteiger partial charge in [-0.2, -0.15) is 0 Å². The first-order chi connectivity index (χ1) is 4.68. The standard InChI is InChI=1S/C7H15N.C2H6/c1-5-6-8(4)7(2)3;1-2/h5,7H,1,6H2,2-4H3;1-2H3. The average Bonchev–Trinajstić information content (AvgIpc) is 1.93. The molecule has 0 saturated carbocycles. The van der Waals surface area contributed by atoms with Crippen LogP contribution < -0.4 is 0 Å². The van der Waals surface area contributed by atoms with Crippen LogP contribution >= 0.6 is 0 Å². The summed E-state index contributed by atoms with van der Waals surface area (Å²) in [5.41, 5.74) is 0. The van der Waals surface area contributed by atoms with Crippen LogP contribution in [0.1, 0.15) is 27.7 Å². The number of nitrogens with zero attached hydrogens (tertiary/aromatic N) is 1. The van der Waals surface area contributed by atoms with Crippen LogP contribution in [-0.2, 0) is 0 Å². The molecule has 0 aliphatic rings. The zero-order valence-electron chi connectivity index (χ0n) is 8.02. The second-order valence-corrected chi connectivity index (χ2v) is 2.32. The summed E-state index contributed by atoms with van der Waals surface area (Å²) in [6, 6.07) is 0.632. The molecule has 0 N–H and O–H groups in total. The summed E-state index contributed by atoms with van der Waals surface area (Å²) >= 11 is 0. The summed E-state index contributed by atoms with van der Waals surface area (Å²) in [6.07, 6.45) is 1.92. The lowest BCUT2D eigenvalue weighted by molar-refractivity contribution is 0.303. The Balaban J connectivity index is 0. The lowest BCUT2D eigenvalue weighted by atomic mass is 10.3. The largest absolute Gasteiger partial charge is 0.300 e. The molecule has 0 unspecified atom stereocenters. The predicted octanol–water partition coefficient (Wildman–Crippen LogP) is 2.54. The van der Waals surface area contributed by atoms with E-state index >= 15 is 0 Å². The van der Waals surface area contributed by atoms with E-state index in [1.807, 2.05) is 19.9 Å². The van der Waals surface area contributed by atoms with Crippen molar-refractivity contribution in [3.8, 4) is 0 Å². The molecular formula is C9H21N. The van der Waals surface area contributed by atoms with Crippen molar-refractivity contribution in [1.82, 2.24) is 4.90 Å². The second kappa shape index (κ2) is 8.70. The Bertz CT molecular complexity index is 67.1. The summed E-state index contributed by atoms with van der Waals surface area (Å²) in [4.78, 5) is 2.23. The van der Waals surface area contributed by atoms with E-state index < -0.39 is 0 Å². The van der Waals surface area contributed by atoms with Crippen LogP contribution in [0.4, 0.5) is 0 Å². The second-order valence-electron chi connectivity index (χ2n) is 2.32. The van der Waals surface area contributed by atoms with E-state index in [4.69, 9.17) is 0 Å². The molecule has 0 aromatic rings. The lowest BCUT2D eigenvalue weighted by Crippen LogP contribution is -2.25. The molecular weight excluding hydrogens is 122 g/mol. The quantitative estimate of drug-likeness (QED) is 0.549. The Morgan fingerprint density at radius 1 is 1.40 bits per heavy atom. The van der Waals surface area contributed by atoms with Crippen molar-refractivity contribution in [1.29, 1.82) is 0 Å². The minimum atomic E-state index is 0.632. The topological polar surface area (TPSA) is 3.24 Å². The summed E-state index contributed by atoms with van der Waals surface area (Å²) in [5.74, 6) is 0. The minimum absolute atomic E-state index is 0.632. The third-order valence-electron chi connectivity index (χ3n) is 1.30. The smallest absolute Gasteiger partial charge is 0.0160 e. The molecule has 0 aromatic heterocycles. The number of hydrogen-bond acceptors (Lipinski definition) is 1. The molecule has 1 nitrogen and oxygen atoms in total. The summed E-state index contributed by atoms with van der Waals surface area (Å²) in [6.45, 7) is 13.0. The summed E-state index contributed by atoms with van der Waals surface area (Å²) < 4.78 is 0. The van der Waals surface area contributed by atoms with Crippen molar-refractivity contribution in [2.45, 2.75) is 33.7 Å². The highest BCUT2D eigenvalue weighted by Gasteiger charge is 1.97. The van der Waals surface area contributed by atoms with Gasteiger partial charge >= 0.3 is 0 Å². The SMILES string of the molecule is C=CCN(C)C(C)C.CC. The predicted molar refractivity (Wildman–Crippen MR) is 49.3 cm³/mol. The van der Waals surface area contributed by atoms with Crippen molar-refractivity contribution in [3.05, 3.63) is 12.7 Å². The first-order valence-corrected chi connectivity index (χ1v) is 3.99. The van der Waals surface area contributed by atoms with Crippen LogP contribution in [0.3, 0.4) is 0 Å². The molecule has 62 valence electrons. The molecule has 0 aromatic carbocycles. The molecule has 0 spiro atoms. The van der Waals surface area contributed by atoms with Gasteiger partial charge < -0.3 is 4.90 Å². The van der Waals surface area contributed by atoms with Crippen molar-refractivity contribution in [2.24, 2.45) is 0 Å². The lowest BCUT2D eigenvalue weighted by Gasteiger charge is -2.17. The molecule has 0 atom stereocenters. The van der Waals surface area contributed by atoms with E-state index in [0.717, 1.165) is 6.54 Å². The molecule has 0 aliphatic carbocycles. The van der Waals surface area contributed by atoms with Crippen molar-refractivity contribution in [2.75, 3.05) is 13.6 Å². The maximum Gasteiger partial charge on any atom is 0.0160 e. The van der Waals surface area contributed by atoms with Crippen molar-refractivity contribution in [3.63, 3.8) is 0 Å². The fraction of sp³-hybridized carbons (Fsp3) is 0.778. The number of rotatable bonds is 3. The van der Waals surface area contributed by atoms with Crippen LogP contribution in [0.25, 0.3) is 0 Å². The zero-order chi connectivity index (χ0) is 8.57. The monoisotopic (exact) mass is 143 g/mol. The first kappa shape index (κ1) is 12.4. The van der Waals surface area contributed by atoms with Crippen LogP contribution in [0.15, 0.2) is 12.7 Å². The van der Waals surface area contributed by atoms with Gasteiger partial charge in [0.2, 0.25) is 0 Å². The van der Waals surface area contributed by atoms with Gasteiger partial charge in [0.15, 0.2) is 0 Å².